The van der Waals surface area contributed by atoms with Gasteiger partial charge in [-0.25, -0.2) is 0 Å². The van der Waals surface area contributed by atoms with Crippen LogP contribution in [0.3, 0.4) is 0 Å². The molecule has 2 fully saturated rings. The third-order valence-corrected chi connectivity index (χ3v) is 7.40. The summed E-state index contributed by atoms with van der Waals surface area (Å²) in [6.07, 6.45) is 8.84. The van der Waals surface area contributed by atoms with Crippen molar-refractivity contribution >= 4 is 27.3 Å². The molecule has 2 aromatic rings. The summed E-state index contributed by atoms with van der Waals surface area (Å²) in [7, 11) is 0. The van der Waals surface area contributed by atoms with Gasteiger partial charge in [-0.3, -0.25) is 9.59 Å². The van der Waals surface area contributed by atoms with Crippen LogP contribution in [-0.2, 0) is 6.54 Å². The molecule has 6 heteroatoms. The first kappa shape index (κ1) is 19.6. The van der Waals surface area contributed by atoms with Crippen molar-refractivity contribution in [3.05, 3.63) is 33.1 Å². The molecule has 4 rings (SSSR count). The summed E-state index contributed by atoms with van der Waals surface area (Å²) < 4.78 is 2.68. The smallest absolute Gasteiger partial charge is 0.260 e. The molecule has 5 nitrogen and oxygen atoms in total. The first-order valence-corrected chi connectivity index (χ1v) is 11.6. The lowest BCUT2D eigenvalue weighted by molar-refractivity contribution is 0.0591. The van der Waals surface area contributed by atoms with Crippen LogP contribution in [0.4, 0.5) is 0 Å². The minimum absolute atomic E-state index is 0.0183. The van der Waals surface area contributed by atoms with Gasteiger partial charge >= 0.3 is 0 Å². The van der Waals surface area contributed by atoms with Crippen LogP contribution in [0, 0.1) is 6.92 Å². The maximum absolute atomic E-state index is 13.4. The first-order valence-electron chi connectivity index (χ1n) is 10.8. The lowest BCUT2D eigenvalue weighted by Crippen LogP contribution is -2.48. The standard InChI is InChI=1S/C22H31N3O2S/c1-3-10-24-15-9-18-20(22(24)27)19(16(2)28-18)21(26)25-13-7-17(8-14-25)23-11-5-4-6-12-23/h9,15,17H,3-8,10-14H2,1-2H3. The lowest BCUT2D eigenvalue weighted by atomic mass is 9.99. The molecule has 0 aromatic carbocycles. The summed E-state index contributed by atoms with van der Waals surface area (Å²) >= 11 is 1.57. The Morgan fingerprint density at radius 2 is 1.86 bits per heavy atom. The van der Waals surface area contributed by atoms with Crippen LogP contribution in [0.15, 0.2) is 17.1 Å². The molecule has 1 amide bonds. The van der Waals surface area contributed by atoms with E-state index in [0.717, 1.165) is 41.9 Å². The predicted molar refractivity (Wildman–Crippen MR) is 115 cm³/mol. The third-order valence-electron chi connectivity index (χ3n) is 6.33. The third kappa shape index (κ3) is 3.64. The van der Waals surface area contributed by atoms with Gasteiger partial charge in [0.25, 0.3) is 11.5 Å². The number of rotatable bonds is 4. The Balaban J connectivity index is 1.55. The zero-order valence-electron chi connectivity index (χ0n) is 17.1. The number of amides is 1. The van der Waals surface area contributed by atoms with Crippen LogP contribution in [-0.4, -0.2) is 52.5 Å². The molecule has 2 aliphatic heterocycles. The number of carbonyl (C=O) groups is 1. The molecule has 0 spiro atoms. The van der Waals surface area contributed by atoms with Gasteiger partial charge in [-0.15, -0.1) is 11.3 Å². The second-order valence-electron chi connectivity index (χ2n) is 8.21. The average Bonchev–Trinajstić information content (AvgIpc) is 3.07. The predicted octanol–water partition coefficient (Wildman–Crippen LogP) is 3.87. The van der Waals surface area contributed by atoms with Crippen molar-refractivity contribution in [2.45, 2.75) is 65.0 Å². The number of carbonyl (C=O) groups excluding carboxylic acids is 1. The highest BCUT2D eigenvalue weighted by molar-refractivity contribution is 7.19. The van der Waals surface area contributed by atoms with E-state index in [9.17, 15) is 9.59 Å². The Morgan fingerprint density at radius 3 is 2.54 bits per heavy atom. The highest BCUT2D eigenvalue weighted by Crippen LogP contribution is 2.30. The van der Waals surface area contributed by atoms with Gasteiger partial charge in [0.05, 0.1) is 10.9 Å². The van der Waals surface area contributed by atoms with Crippen molar-refractivity contribution in [2.24, 2.45) is 0 Å². The zero-order valence-corrected chi connectivity index (χ0v) is 17.9. The minimum Gasteiger partial charge on any atom is -0.338 e. The molecule has 2 aliphatic rings. The largest absolute Gasteiger partial charge is 0.338 e. The fourth-order valence-electron chi connectivity index (χ4n) is 4.82. The summed E-state index contributed by atoms with van der Waals surface area (Å²) in [6, 6.07) is 2.61. The minimum atomic E-state index is -0.0183. The van der Waals surface area contributed by atoms with E-state index in [-0.39, 0.29) is 11.5 Å². The van der Waals surface area contributed by atoms with Crippen LogP contribution in [0.25, 0.3) is 10.1 Å². The van der Waals surface area contributed by atoms with E-state index in [1.165, 1.54) is 32.4 Å². The van der Waals surface area contributed by atoms with Crippen LogP contribution in [0.2, 0.25) is 0 Å². The normalized spacial score (nSPS) is 19.4. The topological polar surface area (TPSA) is 45.6 Å². The van der Waals surface area contributed by atoms with Gasteiger partial charge in [0.1, 0.15) is 0 Å². The van der Waals surface area contributed by atoms with Crippen molar-refractivity contribution in [1.29, 1.82) is 0 Å². The average molecular weight is 402 g/mol. The Hall–Kier alpha value is -1.66. The number of nitrogens with zero attached hydrogens (tertiary/aromatic N) is 3. The molecular formula is C22H31N3O2S. The van der Waals surface area contributed by atoms with Gasteiger partial charge < -0.3 is 14.4 Å². The van der Waals surface area contributed by atoms with E-state index in [1.54, 1.807) is 15.9 Å². The number of fused-ring (bicyclic) bond motifs is 1. The number of aromatic nitrogens is 1. The molecule has 0 bridgehead atoms. The van der Waals surface area contributed by atoms with Crippen LogP contribution < -0.4 is 5.56 Å². The van der Waals surface area contributed by atoms with Crippen molar-refractivity contribution in [3.63, 3.8) is 0 Å². The van der Waals surface area contributed by atoms with E-state index >= 15 is 0 Å². The van der Waals surface area contributed by atoms with Crippen LogP contribution in [0.5, 0.6) is 0 Å². The molecule has 0 radical (unpaired) electrons. The molecule has 4 heterocycles. The van der Waals surface area contributed by atoms with Gasteiger partial charge in [0, 0.05) is 41.5 Å². The Morgan fingerprint density at radius 1 is 1.14 bits per heavy atom. The number of aryl methyl sites for hydroxylation is 2. The van der Waals surface area contributed by atoms with E-state index in [2.05, 4.69) is 11.8 Å². The summed E-state index contributed by atoms with van der Waals surface area (Å²) in [5.41, 5.74) is 0.627. The Kier molecular flexibility index (Phi) is 5.88. The molecule has 28 heavy (non-hydrogen) atoms. The SMILES string of the molecule is CCCn1ccc2sc(C)c(C(=O)N3CCC(N4CCCCC4)CC3)c2c1=O. The molecule has 0 aliphatic carbocycles. The summed E-state index contributed by atoms with van der Waals surface area (Å²) in [5.74, 6) is 0.0483. The summed E-state index contributed by atoms with van der Waals surface area (Å²) in [4.78, 5) is 31.9. The van der Waals surface area contributed by atoms with Gasteiger partial charge in [-0.2, -0.15) is 0 Å². The molecule has 2 saturated heterocycles. The molecule has 0 N–H and O–H groups in total. The second-order valence-corrected chi connectivity index (χ2v) is 9.46. The molecule has 2 aromatic heterocycles. The number of piperidine rings is 2. The van der Waals surface area contributed by atoms with Crippen molar-refractivity contribution in [3.8, 4) is 0 Å². The summed E-state index contributed by atoms with van der Waals surface area (Å²) in [5, 5.41) is 0.626. The fourth-order valence-corrected chi connectivity index (χ4v) is 5.86. The maximum atomic E-state index is 13.4. The van der Waals surface area contributed by atoms with Gasteiger partial charge in [-0.1, -0.05) is 13.3 Å². The van der Waals surface area contributed by atoms with E-state index in [1.807, 2.05) is 24.1 Å². The molecule has 0 unspecified atom stereocenters. The molecule has 0 atom stereocenters. The molecular weight excluding hydrogens is 370 g/mol. The lowest BCUT2D eigenvalue weighted by Gasteiger charge is -2.40. The van der Waals surface area contributed by atoms with Gasteiger partial charge in [0.2, 0.25) is 0 Å². The Labute approximate surface area is 170 Å². The Bertz CT molecular complexity index is 902. The number of pyridine rings is 1. The fraction of sp³-hybridized carbons (Fsp3) is 0.636. The number of likely N-dealkylation sites (tertiary alicyclic amines) is 2. The maximum Gasteiger partial charge on any atom is 0.260 e. The van der Waals surface area contributed by atoms with Gasteiger partial charge in [-0.05, 0) is 58.2 Å². The van der Waals surface area contributed by atoms with Crippen LogP contribution >= 0.6 is 11.3 Å². The summed E-state index contributed by atoms with van der Waals surface area (Å²) in [6.45, 7) is 8.75. The number of hydrogen-bond acceptors (Lipinski definition) is 4. The monoisotopic (exact) mass is 401 g/mol. The highest BCUT2D eigenvalue weighted by Gasteiger charge is 2.30. The zero-order chi connectivity index (χ0) is 19.7. The quantitative estimate of drug-likeness (QED) is 0.781. The van der Waals surface area contributed by atoms with E-state index in [0.29, 0.717) is 23.5 Å². The second kappa shape index (κ2) is 8.37. The number of thiophene rings is 1. The van der Waals surface area contributed by atoms with Gasteiger partial charge in [0.15, 0.2) is 0 Å². The van der Waals surface area contributed by atoms with Crippen molar-refractivity contribution in [2.75, 3.05) is 26.2 Å². The van der Waals surface area contributed by atoms with E-state index in [4.69, 9.17) is 0 Å². The van der Waals surface area contributed by atoms with Crippen molar-refractivity contribution in [1.82, 2.24) is 14.4 Å². The van der Waals surface area contributed by atoms with Crippen molar-refractivity contribution < 1.29 is 4.79 Å². The van der Waals surface area contributed by atoms with E-state index < -0.39 is 0 Å². The molecule has 0 saturated carbocycles. The number of hydrogen-bond donors (Lipinski definition) is 0. The first-order chi connectivity index (χ1) is 13.6. The van der Waals surface area contributed by atoms with Crippen LogP contribution in [0.1, 0.15) is 60.7 Å². The highest BCUT2D eigenvalue weighted by atomic mass is 32.1. The molecule has 152 valence electrons.